The van der Waals surface area contributed by atoms with Crippen molar-refractivity contribution in [1.82, 2.24) is 15.0 Å². The van der Waals surface area contributed by atoms with Crippen LogP contribution in [0.25, 0.3) is 22.0 Å². The number of halogens is 4. The van der Waals surface area contributed by atoms with E-state index < -0.39 is 5.82 Å². The second-order valence-corrected chi connectivity index (χ2v) is 7.67. The molecule has 3 heterocycles. The van der Waals surface area contributed by atoms with Crippen LogP contribution >= 0.6 is 34.8 Å². The van der Waals surface area contributed by atoms with Crippen molar-refractivity contribution in [3.8, 4) is 11.5 Å². The minimum absolute atomic E-state index is 0.103. The van der Waals surface area contributed by atoms with Crippen molar-refractivity contribution in [2.75, 3.05) is 0 Å². The summed E-state index contributed by atoms with van der Waals surface area (Å²) in [5, 5.41) is 1.25. The molecule has 0 bridgehead atoms. The first kappa shape index (κ1) is 19.8. The van der Waals surface area contributed by atoms with Gasteiger partial charge in [0, 0.05) is 35.3 Å². The monoisotopic (exact) mass is 475 g/mol. The van der Waals surface area contributed by atoms with E-state index in [9.17, 15) is 9.18 Å². The largest absolute Gasteiger partial charge is 0.453 e. The van der Waals surface area contributed by atoms with E-state index in [1.165, 1.54) is 48.9 Å². The molecule has 0 saturated heterocycles. The molecule has 1 N–H and O–H groups in total. The van der Waals surface area contributed by atoms with Crippen molar-refractivity contribution in [1.29, 1.82) is 0 Å². The molecule has 154 valence electrons. The van der Waals surface area contributed by atoms with Crippen molar-refractivity contribution in [2.24, 2.45) is 0 Å². The van der Waals surface area contributed by atoms with Crippen molar-refractivity contribution in [2.45, 2.75) is 0 Å². The first-order valence-electron chi connectivity index (χ1n) is 8.79. The molecular formula is C21H9Cl3FN3O3. The molecule has 0 aliphatic heterocycles. The minimum atomic E-state index is -0.517. The zero-order valence-corrected chi connectivity index (χ0v) is 17.5. The lowest BCUT2D eigenvalue weighted by molar-refractivity contribution is 0.104. The Morgan fingerprint density at radius 3 is 2.71 bits per heavy atom. The van der Waals surface area contributed by atoms with E-state index in [0.29, 0.717) is 16.4 Å². The molecule has 0 radical (unpaired) electrons. The third kappa shape index (κ3) is 3.50. The van der Waals surface area contributed by atoms with Crippen LogP contribution in [0.3, 0.4) is 0 Å². The SMILES string of the molecule is O=C(c1ccc(Oc2cc(F)cc3cc(Cl)oc23)cc1Cl)c1c[nH]c2ncnc(Cl)c12. The number of fused-ring (bicyclic) bond motifs is 2. The summed E-state index contributed by atoms with van der Waals surface area (Å²) in [5.74, 6) is -0.486. The van der Waals surface area contributed by atoms with Crippen LogP contribution in [-0.2, 0) is 0 Å². The fraction of sp³-hybridized carbons (Fsp3) is 0. The van der Waals surface area contributed by atoms with E-state index >= 15 is 0 Å². The number of ketones is 1. The Hall–Kier alpha value is -3.13. The average molecular weight is 477 g/mol. The first-order chi connectivity index (χ1) is 14.9. The van der Waals surface area contributed by atoms with E-state index in [4.69, 9.17) is 44.0 Å². The number of ether oxygens (including phenoxy) is 1. The van der Waals surface area contributed by atoms with Gasteiger partial charge in [0.15, 0.2) is 22.3 Å². The third-order valence-electron chi connectivity index (χ3n) is 4.60. The van der Waals surface area contributed by atoms with Gasteiger partial charge < -0.3 is 14.1 Å². The lowest BCUT2D eigenvalue weighted by atomic mass is 10.0. The summed E-state index contributed by atoms with van der Waals surface area (Å²) in [7, 11) is 0. The Bertz CT molecular complexity index is 1500. The number of nitrogens with zero attached hydrogens (tertiary/aromatic N) is 2. The van der Waals surface area contributed by atoms with E-state index in [2.05, 4.69) is 15.0 Å². The molecule has 0 unspecified atom stereocenters. The standard InChI is InChI=1S/C21H9Cl3FN3O3/c22-14-6-11(30-15-5-10(25)3-9-4-16(23)31-19(9)15)1-2-12(14)18(29)13-7-26-21-17(13)20(24)27-8-28-21/h1-8H,(H,26,27,28). The van der Waals surface area contributed by atoms with Crippen LogP contribution < -0.4 is 4.74 Å². The van der Waals surface area contributed by atoms with E-state index in [-0.39, 0.29) is 49.4 Å². The van der Waals surface area contributed by atoms with E-state index in [0.717, 1.165) is 0 Å². The predicted molar refractivity (Wildman–Crippen MR) is 115 cm³/mol. The van der Waals surface area contributed by atoms with Crippen LogP contribution in [0.15, 0.2) is 53.3 Å². The van der Waals surface area contributed by atoms with Gasteiger partial charge >= 0.3 is 0 Å². The van der Waals surface area contributed by atoms with Gasteiger partial charge in [-0.1, -0.05) is 23.2 Å². The summed E-state index contributed by atoms with van der Waals surface area (Å²) in [5.41, 5.74) is 1.23. The number of H-pyrrole nitrogens is 1. The van der Waals surface area contributed by atoms with Gasteiger partial charge in [-0.05, 0) is 29.8 Å². The molecule has 31 heavy (non-hydrogen) atoms. The summed E-state index contributed by atoms with van der Waals surface area (Å²) in [6.07, 6.45) is 2.79. The fourth-order valence-electron chi connectivity index (χ4n) is 3.25. The maximum atomic E-state index is 13.9. The Morgan fingerprint density at radius 2 is 1.90 bits per heavy atom. The van der Waals surface area contributed by atoms with Gasteiger partial charge in [-0.25, -0.2) is 14.4 Å². The number of carbonyl (C=O) groups excluding carboxylic acids is 1. The number of carbonyl (C=O) groups is 1. The molecule has 0 aliphatic carbocycles. The Morgan fingerprint density at radius 1 is 1.06 bits per heavy atom. The van der Waals surface area contributed by atoms with Crippen LogP contribution in [0.1, 0.15) is 15.9 Å². The van der Waals surface area contributed by atoms with E-state index in [1.807, 2.05) is 0 Å². The molecule has 2 aromatic carbocycles. The third-order valence-corrected chi connectivity index (χ3v) is 5.38. The van der Waals surface area contributed by atoms with Crippen molar-refractivity contribution < 1.29 is 18.3 Å². The lowest BCUT2D eigenvalue weighted by Gasteiger charge is -2.09. The van der Waals surface area contributed by atoms with Gasteiger partial charge in [0.05, 0.1) is 16.0 Å². The molecule has 0 saturated carbocycles. The first-order valence-corrected chi connectivity index (χ1v) is 9.92. The number of hydrogen-bond donors (Lipinski definition) is 1. The molecular weight excluding hydrogens is 468 g/mol. The molecule has 5 aromatic rings. The smallest absolute Gasteiger partial charge is 0.196 e. The maximum absolute atomic E-state index is 13.9. The van der Waals surface area contributed by atoms with Crippen LogP contribution in [-0.4, -0.2) is 20.7 Å². The highest BCUT2D eigenvalue weighted by Crippen LogP contribution is 2.36. The lowest BCUT2D eigenvalue weighted by Crippen LogP contribution is -2.02. The van der Waals surface area contributed by atoms with Gasteiger partial charge in [0.2, 0.25) is 0 Å². The highest BCUT2D eigenvalue weighted by molar-refractivity contribution is 6.38. The average Bonchev–Trinajstić information content (AvgIpc) is 3.31. The summed E-state index contributed by atoms with van der Waals surface area (Å²) < 4.78 is 25.0. The molecule has 5 rings (SSSR count). The number of rotatable bonds is 4. The van der Waals surface area contributed by atoms with Crippen molar-refractivity contribution in [3.63, 3.8) is 0 Å². The highest BCUT2D eigenvalue weighted by Gasteiger charge is 2.21. The van der Waals surface area contributed by atoms with Gasteiger partial charge in [0.1, 0.15) is 28.7 Å². The molecule has 6 nitrogen and oxygen atoms in total. The Labute approximate surface area is 188 Å². The van der Waals surface area contributed by atoms with Crippen molar-refractivity contribution >= 4 is 62.6 Å². The molecule has 0 amide bonds. The summed E-state index contributed by atoms with van der Waals surface area (Å²) in [4.78, 5) is 23.9. The maximum Gasteiger partial charge on any atom is 0.196 e. The minimum Gasteiger partial charge on any atom is -0.453 e. The quantitative estimate of drug-likeness (QED) is 0.227. The number of furan rings is 1. The number of nitrogens with one attached hydrogen (secondary N) is 1. The molecule has 3 aromatic heterocycles. The molecule has 10 heteroatoms. The molecule has 0 aliphatic rings. The number of aromatic amines is 1. The fourth-order valence-corrected chi connectivity index (χ4v) is 3.94. The summed E-state index contributed by atoms with van der Waals surface area (Å²) in [6, 6.07) is 8.42. The van der Waals surface area contributed by atoms with Crippen LogP contribution in [0, 0.1) is 5.82 Å². The van der Waals surface area contributed by atoms with Gasteiger partial charge in [-0.2, -0.15) is 0 Å². The molecule has 0 spiro atoms. The topological polar surface area (TPSA) is 81.0 Å². The van der Waals surface area contributed by atoms with Crippen LogP contribution in [0.2, 0.25) is 15.4 Å². The van der Waals surface area contributed by atoms with Crippen molar-refractivity contribution in [3.05, 3.63) is 81.3 Å². The number of benzene rings is 2. The molecule has 0 fully saturated rings. The number of aromatic nitrogens is 3. The second-order valence-electron chi connectivity index (χ2n) is 6.54. The zero-order chi connectivity index (χ0) is 21.7. The summed E-state index contributed by atoms with van der Waals surface area (Å²) in [6.45, 7) is 0. The normalized spacial score (nSPS) is 11.4. The second kappa shape index (κ2) is 7.53. The number of hydrogen-bond acceptors (Lipinski definition) is 5. The van der Waals surface area contributed by atoms with Gasteiger partial charge in [-0.15, -0.1) is 0 Å². The zero-order valence-electron chi connectivity index (χ0n) is 15.2. The van der Waals surface area contributed by atoms with Gasteiger partial charge in [-0.3, -0.25) is 4.79 Å². The summed E-state index contributed by atoms with van der Waals surface area (Å²) >= 11 is 18.4. The van der Waals surface area contributed by atoms with Crippen LogP contribution in [0.4, 0.5) is 4.39 Å². The van der Waals surface area contributed by atoms with E-state index in [1.54, 1.807) is 0 Å². The van der Waals surface area contributed by atoms with Gasteiger partial charge in [0.25, 0.3) is 0 Å². The molecule has 0 atom stereocenters. The van der Waals surface area contributed by atoms with Crippen LogP contribution in [0.5, 0.6) is 11.5 Å². The Balaban J connectivity index is 1.50. The highest BCUT2D eigenvalue weighted by atomic mass is 35.5. The predicted octanol–water partition coefficient (Wildman–Crippen LogP) is 6.83. The Kier molecular flexibility index (Phi) is 4.81.